The Morgan fingerprint density at radius 3 is 2.19 bits per heavy atom. The van der Waals surface area contributed by atoms with Crippen molar-refractivity contribution >= 4 is 11.4 Å². The highest BCUT2D eigenvalue weighted by molar-refractivity contribution is 5.86. The summed E-state index contributed by atoms with van der Waals surface area (Å²) in [6.07, 6.45) is 2.87. The molecule has 0 aliphatic rings. The fraction of sp³-hybridized carbons (Fsp3) is 0.375. The number of aliphatic hydroxyl groups is 2. The summed E-state index contributed by atoms with van der Waals surface area (Å²) in [6.45, 7) is 1.95. The molecule has 2 rings (SSSR count). The molecule has 1 aromatic carbocycles. The molecular weight excluding hydrogens is 266 g/mol. The number of aromatic nitrogens is 1. The molecule has 114 valence electrons. The zero-order chi connectivity index (χ0) is 15.6. The molecule has 21 heavy (non-hydrogen) atoms. The zero-order valence-electron chi connectivity index (χ0n) is 12.6. The summed E-state index contributed by atoms with van der Waals surface area (Å²) >= 11 is 0. The topological polar surface area (TPSA) is 97.4 Å². The third-order valence-corrected chi connectivity index (χ3v) is 4.00. The van der Waals surface area contributed by atoms with Gasteiger partial charge in [-0.15, -0.1) is 0 Å². The molecule has 0 saturated heterocycles. The van der Waals surface area contributed by atoms with E-state index in [1.165, 1.54) is 0 Å². The molecule has 2 aromatic rings. The van der Waals surface area contributed by atoms with Crippen molar-refractivity contribution in [3.05, 3.63) is 35.0 Å². The number of anilines is 2. The van der Waals surface area contributed by atoms with Gasteiger partial charge < -0.3 is 26.2 Å². The molecule has 0 amide bonds. The van der Waals surface area contributed by atoms with Gasteiger partial charge in [0.1, 0.15) is 0 Å². The summed E-state index contributed by atoms with van der Waals surface area (Å²) in [7, 11) is 1.94. The summed E-state index contributed by atoms with van der Waals surface area (Å²) in [5.74, 6) is 0. The van der Waals surface area contributed by atoms with E-state index < -0.39 is 0 Å². The van der Waals surface area contributed by atoms with Crippen LogP contribution in [0.3, 0.4) is 0 Å². The Hall–Kier alpha value is -1.98. The van der Waals surface area contributed by atoms with Crippen molar-refractivity contribution in [2.45, 2.75) is 19.8 Å². The lowest BCUT2D eigenvalue weighted by molar-refractivity contribution is 0.298. The molecule has 0 atom stereocenters. The summed E-state index contributed by atoms with van der Waals surface area (Å²) in [4.78, 5) is 0. The second-order valence-electron chi connectivity index (χ2n) is 5.24. The first-order chi connectivity index (χ1) is 10.0. The summed E-state index contributed by atoms with van der Waals surface area (Å²) in [5, 5.41) is 18.6. The third-order valence-electron chi connectivity index (χ3n) is 4.00. The Kier molecular flexibility index (Phi) is 4.55. The minimum atomic E-state index is 0.0137. The Balaban J connectivity index is 2.79. The van der Waals surface area contributed by atoms with Crippen molar-refractivity contribution in [2.75, 3.05) is 24.7 Å². The van der Waals surface area contributed by atoms with Gasteiger partial charge in [0, 0.05) is 43.4 Å². The molecule has 0 fully saturated rings. The molecule has 5 nitrogen and oxygen atoms in total. The molecule has 0 spiro atoms. The molecule has 0 radical (unpaired) electrons. The molecular formula is C16H23N3O2. The van der Waals surface area contributed by atoms with E-state index in [4.69, 9.17) is 11.5 Å². The van der Waals surface area contributed by atoms with Gasteiger partial charge in [0.05, 0.1) is 5.69 Å². The van der Waals surface area contributed by atoms with Crippen molar-refractivity contribution in [1.29, 1.82) is 0 Å². The quantitative estimate of drug-likeness (QED) is 0.622. The fourth-order valence-corrected chi connectivity index (χ4v) is 2.86. The molecule has 0 aliphatic carbocycles. The van der Waals surface area contributed by atoms with Crippen LogP contribution < -0.4 is 11.5 Å². The fourth-order valence-electron chi connectivity index (χ4n) is 2.86. The van der Waals surface area contributed by atoms with Gasteiger partial charge in [-0.25, -0.2) is 0 Å². The smallest absolute Gasteiger partial charge is 0.0502 e. The highest BCUT2D eigenvalue weighted by Crippen LogP contribution is 2.39. The highest BCUT2D eigenvalue weighted by Gasteiger charge is 2.20. The van der Waals surface area contributed by atoms with Crippen LogP contribution in [0.4, 0.5) is 11.4 Å². The molecule has 1 aromatic heterocycles. The van der Waals surface area contributed by atoms with Gasteiger partial charge >= 0.3 is 0 Å². The number of hydrogen-bond donors (Lipinski definition) is 4. The predicted octanol–water partition coefficient (Wildman–Crippen LogP) is 1.23. The first-order valence-electron chi connectivity index (χ1n) is 7.05. The number of nitrogens with two attached hydrogens (primary N) is 2. The average molecular weight is 289 g/mol. The van der Waals surface area contributed by atoms with Gasteiger partial charge in [-0.1, -0.05) is 0 Å². The SMILES string of the molecule is Cc1c(N)c(CCO)c(-c2cccn2C)c(N)c1CCO. The van der Waals surface area contributed by atoms with Crippen molar-refractivity contribution in [1.82, 2.24) is 4.57 Å². The lowest BCUT2D eigenvalue weighted by atomic mass is 9.89. The molecule has 0 unspecified atom stereocenters. The second kappa shape index (κ2) is 6.20. The van der Waals surface area contributed by atoms with E-state index in [1.807, 2.05) is 36.9 Å². The maximum Gasteiger partial charge on any atom is 0.0502 e. The van der Waals surface area contributed by atoms with Crippen LogP contribution in [-0.2, 0) is 19.9 Å². The minimum absolute atomic E-state index is 0.0137. The van der Waals surface area contributed by atoms with Gasteiger partial charge in [-0.3, -0.25) is 0 Å². The predicted molar refractivity (Wildman–Crippen MR) is 86.0 cm³/mol. The first kappa shape index (κ1) is 15.4. The van der Waals surface area contributed by atoms with Gasteiger partial charge in [-0.05, 0) is 48.6 Å². The van der Waals surface area contributed by atoms with Crippen LogP contribution in [0.15, 0.2) is 18.3 Å². The molecule has 1 heterocycles. The maximum atomic E-state index is 9.35. The standard InChI is InChI=1S/C16H23N3O2/c1-10-11(5-8-20)16(18)14(12(6-9-21)15(10)17)13-4-3-7-19(13)2/h3-4,7,20-21H,5-6,8-9,17-18H2,1-2H3. The van der Waals surface area contributed by atoms with E-state index in [9.17, 15) is 10.2 Å². The van der Waals surface area contributed by atoms with E-state index in [2.05, 4.69) is 0 Å². The number of aliphatic hydroxyl groups excluding tert-OH is 2. The number of hydrogen-bond acceptors (Lipinski definition) is 4. The third kappa shape index (κ3) is 2.62. The van der Waals surface area contributed by atoms with Crippen molar-refractivity contribution in [2.24, 2.45) is 7.05 Å². The van der Waals surface area contributed by atoms with Crippen molar-refractivity contribution in [3.63, 3.8) is 0 Å². The van der Waals surface area contributed by atoms with E-state index in [-0.39, 0.29) is 13.2 Å². The van der Waals surface area contributed by atoms with Crippen LogP contribution in [0.1, 0.15) is 16.7 Å². The summed E-state index contributed by atoms with van der Waals surface area (Å²) in [6, 6.07) is 3.92. The van der Waals surface area contributed by atoms with Gasteiger partial charge in [0.25, 0.3) is 0 Å². The number of nitrogens with zero attached hydrogens (tertiary/aromatic N) is 1. The largest absolute Gasteiger partial charge is 0.398 e. The van der Waals surface area contributed by atoms with Crippen LogP contribution in [0.25, 0.3) is 11.3 Å². The number of aryl methyl sites for hydroxylation is 1. The van der Waals surface area contributed by atoms with Crippen LogP contribution >= 0.6 is 0 Å². The van der Waals surface area contributed by atoms with E-state index in [0.717, 1.165) is 27.9 Å². The zero-order valence-corrected chi connectivity index (χ0v) is 12.6. The molecule has 0 saturated carbocycles. The minimum Gasteiger partial charge on any atom is -0.398 e. The van der Waals surface area contributed by atoms with Gasteiger partial charge in [0.2, 0.25) is 0 Å². The second-order valence-corrected chi connectivity index (χ2v) is 5.24. The lowest BCUT2D eigenvalue weighted by Gasteiger charge is -2.21. The van der Waals surface area contributed by atoms with E-state index in [1.54, 1.807) is 0 Å². The molecule has 6 N–H and O–H groups in total. The summed E-state index contributed by atoms with van der Waals surface area (Å²) < 4.78 is 1.98. The molecule has 0 aliphatic heterocycles. The molecule has 0 bridgehead atoms. The Morgan fingerprint density at radius 1 is 1.05 bits per heavy atom. The number of rotatable bonds is 5. The Morgan fingerprint density at radius 2 is 1.67 bits per heavy atom. The van der Waals surface area contributed by atoms with Crippen LogP contribution in [0, 0.1) is 6.92 Å². The Bertz CT molecular complexity index is 647. The van der Waals surface area contributed by atoms with Crippen molar-refractivity contribution in [3.8, 4) is 11.3 Å². The molecule has 5 heteroatoms. The normalized spacial score (nSPS) is 11.0. The van der Waals surface area contributed by atoms with Gasteiger partial charge in [-0.2, -0.15) is 0 Å². The number of nitrogen functional groups attached to an aromatic ring is 2. The number of benzene rings is 1. The highest BCUT2D eigenvalue weighted by atomic mass is 16.3. The average Bonchev–Trinajstić information content (AvgIpc) is 2.87. The van der Waals surface area contributed by atoms with E-state index in [0.29, 0.717) is 24.2 Å². The lowest BCUT2D eigenvalue weighted by Crippen LogP contribution is -2.12. The Labute approximate surface area is 124 Å². The van der Waals surface area contributed by atoms with E-state index >= 15 is 0 Å². The van der Waals surface area contributed by atoms with Crippen molar-refractivity contribution < 1.29 is 10.2 Å². The van der Waals surface area contributed by atoms with Crippen LogP contribution in [-0.4, -0.2) is 28.0 Å². The van der Waals surface area contributed by atoms with Crippen LogP contribution in [0.5, 0.6) is 0 Å². The maximum absolute atomic E-state index is 9.35. The van der Waals surface area contributed by atoms with Gasteiger partial charge in [0.15, 0.2) is 0 Å². The first-order valence-corrected chi connectivity index (χ1v) is 7.05. The van der Waals surface area contributed by atoms with Crippen LogP contribution in [0.2, 0.25) is 0 Å². The summed E-state index contributed by atoms with van der Waals surface area (Å²) in [5.41, 5.74) is 18.4. The monoisotopic (exact) mass is 289 g/mol.